The summed E-state index contributed by atoms with van der Waals surface area (Å²) in [6, 6.07) is 18.1. The molecule has 1 aliphatic rings. The molecule has 1 amide bonds. The summed E-state index contributed by atoms with van der Waals surface area (Å²) in [7, 11) is 0. The molecule has 4 rings (SSSR count). The Bertz CT molecular complexity index is 1040. The van der Waals surface area contributed by atoms with E-state index in [1.165, 1.54) is 11.1 Å². The van der Waals surface area contributed by atoms with E-state index in [1.807, 2.05) is 30.3 Å². The molecule has 0 aliphatic carbocycles. The molecule has 1 aromatic heterocycles. The van der Waals surface area contributed by atoms with Crippen LogP contribution in [0.1, 0.15) is 23.1 Å². The zero-order valence-electron chi connectivity index (χ0n) is 15.9. The molecule has 2 N–H and O–H groups in total. The minimum Gasteiger partial charge on any atom is -0.355 e. The Morgan fingerprint density at radius 1 is 1.07 bits per heavy atom. The molecule has 0 saturated heterocycles. The van der Waals surface area contributed by atoms with Gasteiger partial charge in [-0.25, -0.2) is 0 Å². The van der Waals surface area contributed by atoms with Crippen molar-refractivity contribution in [2.24, 2.45) is 0 Å². The number of aromatic amines is 1. The van der Waals surface area contributed by atoms with E-state index < -0.39 is 0 Å². The van der Waals surface area contributed by atoms with Crippen LogP contribution in [-0.4, -0.2) is 35.4 Å². The lowest BCUT2D eigenvalue weighted by Gasteiger charge is -2.28. The van der Waals surface area contributed by atoms with Crippen molar-refractivity contribution >= 4 is 16.8 Å². The van der Waals surface area contributed by atoms with Gasteiger partial charge in [0.1, 0.15) is 0 Å². The lowest BCUT2D eigenvalue weighted by Crippen LogP contribution is -2.37. The zero-order chi connectivity index (χ0) is 19.3. The standard InChI is InChI=1S/C23H25N3O2/c27-22(10-9-19-15-18-6-3-4-8-21(18)25-23(19)28)24-12-14-26-13-11-17-5-1-2-7-20(17)16-26/h1-8,15H,9-14,16H2,(H,24,27)(H,25,28). The molecule has 0 radical (unpaired) electrons. The Hall–Kier alpha value is -2.92. The van der Waals surface area contributed by atoms with Crippen LogP contribution in [0.2, 0.25) is 0 Å². The average Bonchev–Trinajstić information content (AvgIpc) is 2.72. The molecule has 5 heteroatoms. The molecule has 1 aliphatic heterocycles. The van der Waals surface area contributed by atoms with Crippen molar-refractivity contribution in [2.45, 2.75) is 25.8 Å². The van der Waals surface area contributed by atoms with Crippen LogP contribution in [0.4, 0.5) is 0 Å². The van der Waals surface area contributed by atoms with Gasteiger partial charge in [-0.05, 0) is 41.5 Å². The van der Waals surface area contributed by atoms with E-state index in [-0.39, 0.29) is 11.5 Å². The van der Waals surface area contributed by atoms with Crippen molar-refractivity contribution in [1.82, 2.24) is 15.2 Å². The van der Waals surface area contributed by atoms with E-state index in [0.29, 0.717) is 24.9 Å². The highest BCUT2D eigenvalue weighted by Crippen LogP contribution is 2.17. The summed E-state index contributed by atoms with van der Waals surface area (Å²) in [5.74, 6) is -0.00929. The predicted octanol–water partition coefficient (Wildman–Crippen LogP) is 2.64. The Morgan fingerprint density at radius 3 is 2.75 bits per heavy atom. The molecule has 0 atom stereocenters. The van der Waals surface area contributed by atoms with Gasteiger partial charge >= 0.3 is 0 Å². The molecular formula is C23H25N3O2. The fourth-order valence-electron chi connectivity index (χ4n) is 3.81. The number of hydrogen-bond donors (Lipinski definition) is 2. The first-order valence-corrected chi connectivity index (χ1v) is 9.86. The topological polar surface area (TPSA) is 65.2 Å². The highest BCUT2D eigenvalue weighted by Gasteiger charge is 2.15. The first-order chi connectivity index (χ1) is 13.7. The van der Waals surface area contributed by atoms with Crippen molar-refractivity contribution in [3.05, 3.63) is 81.6 Å². The number of aromatic nitrogens is 1. The Morgan fingerprint density at radius 2 is 1.86 bits per heavy atom. The highest BCUT2D eigenvalue weighted by molar-refractivity contribution is 5.79. The molecule has 144 valence electrons. The lowest BCUT2D eigenvalue weighted by molar-refractivity contribution is -0.121. The summed E-state index contributed by atoms with van der Waals surface area (Å²) >= 11 is 0. The molecule has 2 heterocycles. The van der Waals surface area contributed by atoms with Crippen molar-refractivity contribution in [3.63, 3.8) is 0 Å². The summed E-state index contributed by atoms with van der Waals surface area (Å²) in [6.07, 6.45) is 1.84. The minimum absolute atomic E-state index is 0.00929. The molecular weight excluding hydrogens is 350 g/mol. The van der Waals surface area contributed by atoms with Gasteiger partial charge in [0, 0.05) is 43.7 Å². The quantitative estimate of drug-likeness (QED) is 0.696. The molecule has 2 aromatic carbocycles. The second-order valence-electron chi connectivity index (χ2n) is 7.36. The second-order valence-corrected chi connectivity index (χ2v) is 7.36. The normalized spacial score (nSPS) is 14.0. The molecule has 28 heavy (non-hydrogen) atoms. The van der Waals surface area contributed by atoms with Crippen molar-refractivity contribution in [2.75, 3.05) is 19.6 Å². The number of carbonyl (C=O) groups is 1. The number of carbonyl (C=O) groups excluding carboxylic acids is 1. The largest absolute Gasteiger partial charge is 0.355 e. The Kier molecular flexibility index (Phi) is 5.53. The first kappa shape index (κ1) is 18.4. The molecule has 0 saturated carbocycles. The number of para-hydroxylation sites is 1. The van der Waals surface area contributed by atoms with Crippen LogP contribution in [0.25, 0.3) is 10.9 Å². The summed E-state index contributed by atoms with van der Waals surface area (Å²) in [6.45, 7) is 3.45. The zero-order valence-corrected chi connectivity index (χ0v) is 15.9. The number of H-pyrrole nitrogens is 1. The Balaban J connectivity index is 1.24. The maximum atomic E-state index is 12.2. The second kappa shape index (κ2) is 8.40. The van der Waals surface area contributed by atoms with Crippen molar-refractivity contribution in [3.8, 4) is 0 Å². The van der Waals surface area contributed by atoms with Crippen LogP contribution in [0, 0.1) is 0 Å². The molecule has 0 unspecified atom stereocenters. The fraction of sp³-hybridized carbons (Fsp3) is 0.304. The average molecular weight is 375 g/mol. The van der Waals surface area contributed by atoms with Gasteiger partial charge < -0.3 is 10.3 Å². The van der Waals surface area contributed by atoms with Gasteiger partial charge in [0.15, 0.2) is 0 Å². The maximum absolute atomic E-state index is 12.2. The van der Waals surface area contributed by atoms with E-state index in [4.69, 9.17) is 0 Å². The van der Waals surface area contributed by atoms with Crippen molar-refractivity contribution in [1.29, 1.82) is 0 Å². The summed E-state index contributed by atoms with van der Waals surface area (Å²) in [4.78, 5) is 29.6. The number of hydrogen-bond acceptors (Lipinski definition) is 3. The van der Waals surface area contributed by atoms with Gasteiger partial charge in [0.2, 0.25) is 5.91 Å². The first-order valence-electron chi connectivity index (χ1n) is 9.86. The third-order valence-electron chi connectivity index (χ3n) is 5.41. The number of nitrogens with zero attached hydrogens (tertiary/aromatic N) is 1. The van der Waals surface area contributed by atoms with Gasteiger partial charge in [0.05, 0.1) is 0 Å². The third-order valence-corrected chi connectivity index (χ3v) is 5.41. The van der Waals surface area contributed by atoms with Crippen LogP contribution < -0.4 is 10.9 Å². The summed E-state index contributed by atoms with van der Waals surface area (Å²) < 4.78 is 0. The SMILES string of the molecule is O=C(CCc1cc2ccccc2[nH]c1=O)NCCN1CCc2ccccc2C1. The number of amides is 1. The van der Waals surface area contributed by atoms with Gasteiger partial charge in [-0.3, -0.25) is 14.5 Å². The van der Waals surface area contributed by atoms with Gasteiger partial charge in [-0.2, -0.15) is 0 Å². The van der Waals surface area contributed by atoms with Crippen LogP contribution in [0.5, 0.6) is 0 Å². The van der Waals surface area contributed by atoms with Crippen LogP contribution in [0.15, 0.2) is 59.4 Å². The highest BCUT2D eigenvalue weighted by atomic mass is 16.1. The number of benzene rings is 2. The predicted molar refractivity (Wildman–Crippen MR) is 111 cm³/mol. The smallest absolute Gasteiger partial charge is 0.251 e. The van der Waals surface area contributed by atoms with Crippen LogP contribution in [-0.2, 0) is 24.2 Å². The van der Waals surface area contributed by atoms with E-state index in [2.05, 4.69) is 39.5 Å². The van der Waals surface area contributed by atoms with Crippen molar-refractivity contribution < 1.29 is 4.79 Å². The monoisotopic (exact) mass is 375 g/mol. The van der Waals surface area contributed by atoms with E-state index in [9.17, 15) is 9.59 Å². The third kappa shape index (κ3) is 4.31. The number of fused-ring (bicyclic) bond motifs is 2. The molecule has 0 bridgehead atoms. The summed E-state index contributed by atoms with van der Waals surface area (Å²) in [5.41, 5.74) is 4.18. The van der Waals surface area contributed by atoms with Crippen LogP contribution in [0.3, 0.4) is 0 Å². The minimum atomic E-state index is -0.113. The number of aryl methyl sites for hydroxylation is 1. The molecule has 5 nitrogen and oxygen atoms in total. The van der Waals surface area contributed by atoms with Gasteiger partial charge in [-0.1, -0.05) is 42.5 Å². The molecule has 0 fully saturated rings. The number of nitrogens with one attached hydrogen (secondary N) is 2. The van der Waals surface area contributed by atoms with E-state index in [1.54, 1.807) is 0 Å². The van der Waals surface area contributed by atoms with E-state index >= 15 is 0 Å². The van der Waals surface area contributed by atoms with Gasteiger partial charge in [-0.15, -0.1) is 0 Å². The number of pyridine rings is 1. The summed E-state index contributed by atoms with van der Waals surface area (Å²) in [5, 5.41) is 3.98. The van der Waals surface area contributed by atoms with E-state index in [0.717, 1.165) is 37.0 Å². The Labute approximate surface area is 164 Å². The lowest BCUT2D eigenvalue weighted by atomic mass is 10.00. The molecule has 3 aromatic rings. The van der Waals surface area contributed by atoms with Crippen LogP contribution >= 0.6 is 0 Å². The maximum Gasteiger partial charge on any atom is 0.251 e. The fourth-order valence-corrected chi connectivity index (χ4v) is 3.81. The van der Waals surface area contributed by atoms with Gasteiger partial charge in [0.25, 0.3) is 5.56 Å². The molecule has 0 spiro atoms. The number of rotatable bonds is 6.